The molecule has 0 aliphatic heterocycles. The number of unbranched alkanes of at least 4 members (excludes halogenated alkanes) is 3. The molecule has 0 saturated carbocycles. The van der Waals surface area contributed by atoms with Crippen molar-refractivity contribution in [1.82, 2.24) is 0 Å². The molecular weight excluding hydrogens is 704 g/mol. The minimum absolute atomic E-state index is 1.08. The molecule has 0 aromatic heterocycles. The molecular formula is C24H51Cd3O3P. The predicted molar refractivity (Wildman–Crippen MR) is 121 cm³/mol. The maximum absolute atomic E-state index is 8.48. The Labute approximate surface area is 246 Å². The molecule has 3 atom stereocenters. The smallest absolute Gasteiger partial charge is 0.438 e. The molecule has 7 heteroatoms. The fourth-order valence-corrected chi connectivity index (χ4v) is 9.10. The first-order chi connectivity index (χ1) is 14.8. The van der Waals surface area contributed by atoms with Crippen molar-refractivity contribution in [1.29, 1.82) is 0 Å². The van der Waals surface area contributed by atoms with E-state index in [9.17, 15) is 0 Å². The Morgan fingerprint density at radius 2 is 0.710 bits per heavy atom. The average Bonchev–Trinajstić information content (AvgIpc) is 2.77. The molecule has 0 heterocycles. The summed E-state index contributed by atoms with van der Waals surface area (Å²) in [5.41, 5.74) is 0. The Balaban J connectivity index is -0.000000162. The molecule has 3 unspecified atom stereocenters. The van der Waals surface area contributed by atoms with Gasteiger partial charge in [0.25, 0.3) is 0 Å². The minimum Gasteiger partial charge on any atom is -0.854 e. The van der Waals surface area contributed by atoms with Crippen molar-refractivity contribution in [2.24, 2.45) is 17.8 Å². The molecule has 0 aliphatic carbocycles. The van der Waals surface area contributed by atoms with Crippen LogP contribution in [0.3, 0.4) is 0 Å². The van der Waals surface area contributed by atoms with E-state index in [1.807, 2.05) is 0 Å². The van der Waals surface area contributed by atoms with Gasteiger partial charge in [0.05, 0.1) is 0 Å². The van der Waals surface area contributed by atoms with Gasteiger partial charge in [0.1, 0.15) is 0 Å². The monoisotopic (exact) mass is 760 g/mol. The van der Waals surface area contributed by atoms with Crippen LogP contribution in [0.1, 0.15) is 119 Å². The number of hydrogen-bond acceptors (Lipinski definition) is 3. The topological polar surface area (TPSA) is 69.2 Å². The summed E-state index contributed by atoms with van der Waals surface area (Å²) in [6.45, 7) is 13.8. The van der Waals surface area contributed by atoms with Gasteiger partial charge in [0.2, 0.25) is 0 Å². The van der Waals surface area contributed by atoms with E-state index in [1.54, 1.807) is 11.9 Å². The van der Waals surface area contributed by atoms with Crippen LogP contribution in [-0.4, -0.2) is 0 Å². The molecule has 0 saturated heterocycles. The van der Waals surface area contributed by atoms with Crippen molar-refractivity contribution in [3.05, 3.63) is 0 Å². The van der Waals surface area contributed by atoms with E-state index < -0.39 is 8.60 Å². The van der Waals surface area contributed by atoms with Gasteiger partial charge in [0, 0.05) is 0 Å². The van der Waals surface area contributed by atoms with E-state index in [4.69, 9.17) is 14.7 Å². The van der Waals surface area contributed by atoms with Crippen LogP contribution in [0, 0.1) is 17.8 Å². The minimum atomic E-state index is -3.37. The van der Waals surface area contributed by atoms with Gasteiger partial charge in [-0.25, -0.2) is 0 Å². The van der Waals surface area contributed by atoms with Gasteiger partial charge >= 0.3 is 226 Å². The van der Waals surface area contributed by atoms with Gasteiger partial charge in [-0.15, -0.1) is 0 Å². The summed E-state index contributed by atoms with van der Waals surface area (Å²) in [5, 5.41) is 0. The molecule has 3 nitrogen and oxygen atoms in total. The third kappa shape index (κ3) is 43.6. The first-order valence-corrected chi connectivity index (χ1v) is 22.6. The van der Waals surface area contributed by atoms with Gasteiger partial charge in [-0.3, -0.25) is 0 Å². The van der Waals surface area contributed by atoms with Crippen molar-refractivity contribution < 1.29 is 92.0 Å². The quantitative estimate of drug-likeness (QED) is 0.137. The van der Waals surface area contributed by atoms with E-state index in [2.05, 4.69) is 41.5 Å². The molecule has 0 radical (unpaired) electrons. The molecule has 176 valence electrons. The van der Waals surface area contributed by atoms with Crippen LogP contribution >= 0.6 is 8.60 Å². The van der Waals surface area contributed by atoms with Crippen molar-refractivity contribution in [3.63, 3.8) is 0 Å². The Morgan fingerprint density at radius 1 is 0.516 bits per heavy atom. The Kier molecular flexibility index (Phi) is 50.0. The number of rotatable bonds is 15. The van der Waals surface area contributed by atoms with E-state index in [-0.39, 0.29) is 0 Å². The average molecular weight is 756 g/mol. The van der Waals surface area contributed by atoms with Crippen LogP contribution in [0.15, 0.2) is 0 Å². The molecule has 0 rings (SSSR count). The van der Waals surface area contributed by atoms with Gasteiger partial charge in [0.15, 0.2) is 0 Å². The van der Waals surface area contributed by atoms with Crippen LogP contribution < -0.4 is 14.7 Å². The van der Waals surface area contributed by atoms with Gasteiger partial charge in [-0.05, 0) is 0 Å². The van der Waals surface area contributed by atoms with Crippen LogP contribution in [0.2, 0.25) is 11.9 Å². The Hall–Kier alpha value is 3.08. The van der Waals surface area contributed by atoms with Crippen molar-refractivity contribution >= 4 is 8.60 Å². The van der Waals surface area contributed by atoms with Gasteiger partial charge < -0.3 is 23.3 Å². The van der Waals surface area contributed by atoms with Crippen LogP contribution in [0.5, 0.6) is 0 Å². The van der Waals surface area contributed by atoms with Crippen molar-refractivity contribution in [2.45, 2.75) is 131 Å². The fraction of sp³-hybridized carbons (Fsp3) is 1.00. The molecule has 0 bridgehead atoms. The fourth-order valence-electron chi connectivity index (χ4n) is 3.14. The summed E-state index contributed by atoms with van der Waals surface area (Å²) < 4.78 is 4.62. The third-order valence-electron chi connectivity index (χ3n) is 5.85. The Bertz CT molecular complexity index is 236. The second-order valence-corrected chi connectivity index (χ2v) is 13.7. The SMILES string of the molecule is CCCCC(CC)[CH2][Cd+].CCCCC(CC)[CH2][Cd+].CCCCC(CC)[CH2][Cd+].[O-]P([O-])[O-]. The van der Waals surface area contributed by atoms with E-state index >= 15 is 0 Å². The molecule has 0 spiro atoms. The number of hydrogen-bond donors (Lipinski definition) is 0. The summed E-state index contributed by atoms with van der Waals surface area (Å²) in [5.74, 6) is 3.24. The zero-order valence-electron chi connectivity index (χ0n) is 22.1. The first-order valence-electron chi connectivity index (χ1n) is 13.0. The van der Waals surface area contributed by atoms with E-state index in [0.717, 1.165) is 17.8 Å². The zero-order chi connectivity index (χ0) is 24.9. The molecule has 0 aromatic carbocycles. The summed E-state index contributed by atoms with van der Waals surface area (Å²) in [4.78, 5) is 25.4. The van der Waals surface area contributed by atoms with E-state index in [0.29, 0.717) is 0 Å². The van der Waals surface area contributed by atoms with Crippen molar-refractivity contribution in [3.8, 4) is 0 Å². The normalized spacial score (nSPS) is 13.2. The Morgan fingerprint density at radius 3 is 0.806 bits per heavy atom. The van der Waals surface area contributed by atoms with Gasteiger partial charge in [-0.2, -0.15) is 0 Å². The molecule has 0 amide bonds. The second-order valence-electron chi connectivity index (χ2n) is 8.34. The summed E-state index contributed by atoms with van der Waals surface area (Å²) in [6.07, 6.45) is 17.2. The molecule has 0 aliphatic rings. The predicted octanol–water partition coefficient (Wildman–Crippen LogP) is 6.80. The maximum Gasteiger partial charge on any atom is -0.438 e. The first kappa shape index (κ1) is 41.2. The zero-order valence-corrected chi connectivity index (χ0v) is 35.1. The maximum atomic E-state index is 8.48. The molecule has 31 heavy (non-hydrogen) atoms. The van der Waals surface area contributed by atoms with Crippen molar-refractivity contribution in [2.75, 3.05) is 0 Å². The second kappa shape index (κ2) is 37.6. The van der Waals surface area contributed by atoms with Crippen LogP contribution in [0.25, 0.3) is 0 Å². The van der Waals surface area contributed by atoms with Crippen LogP contribution in [0.4, 0.5) is 0 Å². The third-order valence-corrected chi connectivity index (χ3v) is 12.8. The van der Waals surface area contributed by atoms with E-state index in [1.165, 1.54) is 154 Å². The standard InChI is InChI=1S/3C8H17.3Cd.O3P/c3*1-4-6-7-8(3)5-2;;;;1-4(2)3/h3*8H,3-7H2,1-2H3;;;;/q;;;3*+1;-3. The van der Waals surface area contributed by atoms with Crippen LogP contribution in [-0.2, 0) is 77.3 Å². The summed E-state index contributed by atoms with van der Waals surface area (Å²) >= 11 is 3.59. The largest absolute Gasteiger partial charge is 0.854 e. The molecule has 0 fully saturated rings. The van der Waals surface area contributed by atoms with Gasteiger partial charge in [-0.1, -0.05) is 0 Å². The summed E-state index contributed by atoms with van der Waals surface area (Å²) in [6, 6.07) is 0. The molecule has 0 N–H and O–H groups in total. The molecule has 0 aromatic rings. The summed E-state index contributed by atoms with van der Waals surface area (Å²) in [7, 11) is -3.37.